The van der Waals surface area contributed by atoms with E-state index in [4.69, 9.17) is 4.74 Å². The molecule has 1 N–H and O–H groups in total. The van der Waals surface area contributed by atoms with Gasteiger partial charge in [-0.2, -0.15) is 0 Å². The summed E-state index contributed by atoms with van der Waals surface area (Å²) < 4.78 is 5.68. The van der Waals surface area contributed by atoms with Crippen molar-refractivity contribution in [3.63, 3.8) is 0 Å². The number of amides is 2. The fourth-order valence-corrected chi connectivity index (χ4v) is 3.80. The van der Waals surface area contributed by atoms with Crippen molar-refractivity contribution in [1.82, 2.24) is 5.32 Å². The third-order valence-corrected chi connectivity index (χ3v) is 5.24. The monoisotopic (exact) mass is 388 g/mol. The van der Waals surface area contributed by atoms with E-state index in [2.05, 4.69) is 23.5 Å². The Morgan fingerprint density at radius 3 is 2.72 bits per heavy atom. The first-order chi connectivity index (χ1) is 14.1. The number of benzene rings is 3. The molecular formula is C24H24N2O3. The van der Waals surface area contributed by atoms with Crippen molar-refractivity contribution in [1.29, 1.82) is 0 Å². The molecule has 0 spiro atoms. The van der Waals surface area contributed by atoms with E-state index in [1.807, 2.05) is 49.4 Å². The lowest BCUT2D eigenvalue weighted by Crippen LogP contribution is -2.31. The van der Waals surface area contributed by atoms with E-state index in [0.717, 1.165) is 35.0 Å². The number of nitrogens with zero attached hydrogens (tertiary/aromatic N) is 1. The van der Waals surface area contributed by atoms with E-state index in [-0.39, 0.29) is 24.5 Å². The normalized spacial score (nSPS) is 14.8. The molecule has 1 saturated heterocycles. The molecule has 3 aromatic rings. The second kappa shape index (κ2) is 8.35. The van der Waals surface area contributed by atoms with Gasteiger partial charge in [0, 0.05) is 24.7 Å². The maximum absolute atomic E-state index is 12.4. The van der Waals surface area contributed by atoms with Gasteiger partial charge in [-0.05, 0) is 41.8 Å². The van der Waals surface area contributed by atoms with Gasteiger partial charge in [-0.1, -0.05) is 48.5 Å². The zero-order valence-electron chi connectivity index (χ0n) is 16.4. The average Bonchev–Trinajstić information content (AvgIpc) is 3.18. The second-order valence-corrected chi connectivity index (χ2v) is 7.29. The molecule has 1 aliphatic rings. The van der Waals surface area contributed by atoms with Gasteiger partial charge in [-0.25, -0.2) is 0 Å². The van der Waals surface area contributed by atoms with E-state index in [9.17, 15) is 9.59 Å². The molecule has 29 heavy (non-hydrogen) atoms. The van der Waals surface area contributed by atoms with Crippen LogP contribution in [0.25, 0.3) is 10.8 Å². The van der Waals surface area contributed by atoms with Gasteiger partial charge in [-0.15, -0.1) is 0 Å². The van der Waals surface area contributed by atoms with E-state index < -0.39 is 0 Å². The van der Waals surface area contributed by atoms with Crippen LogP contribution < -0.4 is 15.0 Å². The Hall–Kier alpha value is -3.34. The minimum atomic E-state index is -0.187. The van der Waals surface area contributed by atoms with Gasteiger partial charge in [0.1, 0.15) is 5.75 Å². The van der Waals surface area contributed by atoms with Crippen molar-refractivity contribution in [3.05, 3.63) is 72.3 Å². The number of hydrogen-bond acceptors (Lipinski definition) is 3. The molecule has 1 heterocycles. The van der Waals surface area contributed by atoms with Crippen molar-refractivity contribution in [2.45, 2.75) is 25.8 Å². The first-order valence-corrected chi connectivity index (χ1v) is 9.92. The van der Waals surface area contributed by atoms with Crippen LogP contribution in [-0.4, -0.2) is 25.0 Å². The van der Waals surface area contributed by atoms with Crippen LogP contribution in [-0.2, 0) is 9.59 Å². The third kappa shape index (κ3) is 4.24. The van der Waals surface area contributed by atoms with Gasteiger partial charge in [0.05, 0.1) is 6.04 Å². The highest BCUT2D eigenvalue weighted by atomic mass is 16.5. The Kier molecular flexibility index (Phi) is 5.47. The number of carbonyl (C=O) groups excluding carboxylic acids is 2. The smallest absolute Gasteiger partial charge is 0.258 e. The number of rotatable bonds is 6. The molecule has 1 aliphatic heterocycles. The number of nitrogens with one attached hydrogen (secondary N) is 1. The number of carbonyl (C=O) groups is 2. The maximum Gasteiger partial charge on any atom is 0.258 e. The predicted molar refractivity (Wildman–Crippen MR) is 114 cm³/mol. The molecule has 3 aromatic carbocycles. The molecule has 1 fully saturated rings. The van der Waals surface area contributed by atoms with Crippen LogP contribution >= 0.6 is 0 Å². The Bertz CT molecular complexity index is 1040. The fraction of sp³-hybridized carbons (Fsp3) is 0.250. The molecule has 0 unspecified atom stereocenters. The lowest BCUT2D eigenvalue weighted by atomic mass is 10.00. The van der Waals surface area contributed by atoms with Gasteiger partial charge in [0.15, 0.2) is 6.61 Å². The fourth-order valence-electron chi connectivity index (χ4n) is 3.80. The maximum atomic E-state index is 12.4. The Balaban J connectivity index is 1.38. The first-order valence-electron chi connectivity index (χ1n) is 9.92. The van der Waals surface area contributed by atoms with Crippen LogP contribution in [0.3, 0.4) is 0 Å². The SMILES string of the molecule is C[C@@H](NC(=O)COc1cccc(N2CCCC2=O)c1)c1cccc2ccccc12. The van der Waals surface area contributed by atoms with Crippen LogP contribution in [0.15, 0.2) is 66.7 Å². The highest BCUT2D eigenvalue weighted by Crippen LogP contribution is 2.26. The molecule has 0 aromatic heterocycles. The molecule has 2 amide bonds. The number of fused-ring (bicyclic) bond motifs is 1. The van der Waals surface area contributed by atoms with Crippen LogP contribution in [0.1, 0.15) is 31.4 Å². The number of hydrogen-bond donors (Lipinski definition) is 1. The number of ether oxygens (including phenoxy) is 1. The number of anilines is 1. The highest BCUT2D eigenvalue weighted by molar-refractivity contribution is 5.95. The molecule has 5 nitrogen and oxygen atoms in total. The van der Waals surface area contributed by atoms with Crippen molar-refractivity contribution in [3.8, 4) is 5.75 Å². The summed E-state index contributed by atoms with van der Waals surface area (Å²) in [4.78, 5) is 26.1. The van der Waals surface area contributed by atoms with Gasteiger partial charge < -0.3 is 15.0 Å². The van der Waals surface area contributed by atoms with Crippen molar-refractivity contribution >= 4 is 28.3 Å². The molecule has 0 aliphatic carbocycles. The summed E-state index contributed by atoms with van der Waals surface area (Å²) in [6.45, 7) is 2.62. The van der Waals surface area contributed by atoms with Crippen LogP contribution in [0, 0.1) is 0 Å². The van der Waals surface area contributed by atoms with E-state index in [1.165, 1.54) is 0 Å². The topological polar surface area (TPSA) is 58.6 Å². The van der Waals surface area contributed by atoms with Crippen LogP contribution in [0.4, 0.5) is 5.69 Å². The lowest BCUT2D eigenvalue weighted by molar-refractivity contribution is -0.123. The average molecular weight is 388 g/mol. The quantitative estimate of drug-likeness (QED) is 0.688. The molecule has 148 valence electrons. The summed E-state index contributed by atoms with van der Waals surface area (Å²) >= 11 is 0. The lowest BCUT2D eigenvalue weighted by Gasteiger charge is -2.18. The zero-order valence-corrected chi connectivity index (χ0v) is 16.4. The van der Waals surface area contributed by atoms with Gasteiger partial charge >= 0.3 is 0 Å². The standard InChI is InChI=1S/C24H24N2O3/c1-17(21-12-4-8-18-7-2-3-11-22(18)21)25-23(27)16-29-20-10-5-9-19(15-20)26-14-6-13-24(26)28/h2-5,7-12,15,17H,6,13-14,16H2,1H3,(H,25,27)/t17-/m1/s1. The van der Waals surface area contributed by atoms with Gasteiger partial charge in [0.25, 0.3) is 5.91 Å². The summed E-state index contributed by atoms with van der Waals surface area (Å²) in [7, 11) is 0. The minimum Gasteiger partial charge on any atom is -0.484 e. The van der Waals surface area contributed by atoms with Gasteiger partial charge in [0.2, 0.25) is 5.91 Å². The largest absolute Gasteiger partial charge is 0.484 e. The molecule has 0 radical (unpaired) electrons. The third-order valence-electron chi connectivity index (χ3n) is 5.24. The Morgan fingerprint density at radius 1 is 1.10 bits per heavy atom. The van der Waals surface area contributed by atoms with Gasteiger partial charge in [-0.3, -0.25) is 9.59 Å². The molecule has 1 atom stereocenters. The summed E-state index contributed by atoms with van der Waals surface area (Å²) in [5, 5.41) is 5.29. The van der Waals surface area contributed by atoms with Crippen molar-refractivity contribution in [2.75, 3.05) is 18.1 Å². The molecule has 0 bridgehead atoms. The van der Waals surface area contributed by atoms with E-state index in [1.54, 1.807) is 11.0 Å². The minimum absolute atomic E-state index is 0.0769. The zero-order chi connectivity index (χ0) is 20.2. The predicted octanol–water partition coefficient (Wildman–Crippen LogP) is 4.22. The highest BCUT2D eigenvalue weighted by Gasteiger charge is 2.22. The Labute approximate surface area is 170 Å². The summed E-state index contributed by atoms with van der Waals surface area (Å²) in [6, 6.07) is 21.4. The van der Waals surface area contributed by atoms with Crippen LogP contribution in [0.5, 0.6) is 5.75 Å². The second-order valence-electron chi connectivity index (χ2n) is 7.29. The molecular weight excluding hydrogens is 364 g/mol. The summed E-state index contributed by atoms with van der Waals surface area (Å²) in [6.07, 6.45) is 1.46. The molecule has 5 heteroatoms. The summed E-state index contributed by atoms with van der Waals surface area (Å²) in [5.74, 6) is 0.520. The first kappa shape index (κ1) is 19.0. The van der Waals surface area contributed by atoms with E-state index in [0.29, 0.717) is 12.2 Å². The van der Waals surface area contributed by atoms with Crippen molar-refractivity contribution < 1.29 is 14.3 Å². The molecule has 0 saturated carbocycles. The summed E-state index contributed by atoms with van der Waals surface area (Å²) in [5.41, 5.74) is 1.89. The van der Waals surface area contributed by atoms with E-state index >= 15 is 0 Å². The Morgan fingerprint density at radius 2 is 1.90 bits per heavy atom. The van der Waals surface area contributed by atoms with Crippen molar-refractivity contribution in [2.24, 2.45) is 0 Å². The molecule has 4 rings (SSSR count). The van der Waals surface area contributed by atoms with Crippen LogP contribution in [0.2, 0.25) is 0 Å².